The maximum Gasteiger partial charge on any atom is 0.118 e. The van der Waals surface area contributed by atoms with Crippen molar-refractivity contribution >= 4 is 11.3 Å². The zero-order chi connectivity index (χ0) is 13.0. The van der Waals surface area contributed by atoms with Gasteiger partial charge in [0.25, 0.3) is 0 Å². The number of hydrogen-bond acceptors (Lipinski definition) is 4. The number of furan rings is 1. The van der Waals surface area contributed by atoms with E-state index in [1.54, 1.807) is 11.3 Å². The van der Waals surface area contributed by atoms with Gasteiger partial charge in [0.05, 0.1) is 13.1 Å². The smallest absolute Gasteiger partial charge is 0.118 e. The van der Waals surface area contributed by atoms with Crippen molar-refractivity contribution in [3.63, 3.8) is 0 Å². The van der Waals surface area contributed by atoms with E-state index in [-0.39, 0.29) is 0 Å². The Morgan fingerprint density at radius 1 is 1.33 bits per heavy atom. The highest BCUT2D eigenvalue weighted by atomic mass is 32.1. The Balaban J connectivity index is 1.95. The van der Waals surface area contributed by atoms with Gasteiger partial charge in [0.15, 0.2) is 0 Å². The lowest BCUT2D eigenvalue weighted by Crippen LogP contribution is -2.20. The van der Waals surface area contributed by atoms with E-state index in [1.165, 1.54) is 4.88 Å². The summed E-state index contributed by atoms with van der Waals surface area (Å²) in [7, 11) is 4.05. The fraction of sp³-hybridized carbons (Fsp3) is 0.429. The number of nitrogens with one attached hydrogen (secondary N) is 1. The van der Waals surface area contributed by atoms with Crippen molar-refractivity contribution < 1.29 is 4.42 Å². The molecule has 2 rings (SSSR count). The van der Waals surface area contributed by atoms with Gasteiger partial charge in [0.1, 0.15) is 11.5 Å². The lowest BCUT2D eigenvalue weighted by Gasteiger charge is -2.22. The molecule has 0 fully saturated rings. The summed E-state index contributed by atoms with van der Waals surface area (Å²) >= 11 is 1.80. The van der Waals surface area contributed by atoms with E-state index in [2.05, 4.69) is 47.8 Å². The van der Waals surface area contributed by atoms with Gasteiger partial charge in [-0.2, -0.15) is 0 Å². The van der Waals surface area contributed by atoms with Gasteiger partial charge in [-0.1, -0.05) is 6.07 Å². The molecule has 0 aliphatic carbocycles. The van der Waals surface area contributed by atoms with Gasteiger partial charge in [0.2, 0.25) is 0 Å². The van der Waals surface area contributed by atoms with Crippen LogP contribution in [-0.4, -0.2) is 19.0 Å². The molecule has 1 atom stereocenters. The molecule has 18 heavy (non-hydrogen) atoms. The third kappa shape index (κ3) is 3.22. The van der Waals surface area contributed by atoms with Gasteiger partial charge in [-0.25, -0.2) is 0 Å². The van der Waals surface area contributed by atoms with Gasteiger partial charge in [0, 0.05) is 10.9 Å². The van der Waals surface area contributed by atoms with E-state index in [9.17, 15) is 0 Å². The molecule has 0 aromatic carbocycles. The minimum Gasteiger partial charge on any atom is -0.463 e. The molecule has 0 amide bonds. The van der Waals surface area contributed by atoms with Crippen LogP contribution in [0.1, 0.15) is 29.4 Å². The molecule has 98 valence electrons. The molecule has 2 aromatic rings. The molecular formula is C14H20N2OS. The van der Waals surface area contributed by atoms with Crippen molar-refractivity contribution in [3.05, 3.63) is 46.0 Å². The van der Waals surface area contributed by atoms with Crippen LogP contribution in [0.2, 0.25) is 0 Å². The molecule has 2 aromatic heterocycles. The van der Waals surface area contributed by atoms with Crippen molar-refractivity contribution in [1.82, 2.24) is 10.2 Å². The van der Waals surface area contributed by atoms with E-state index in [0.29, 0.717) is 6.04 Å². The summed E-state index contributed by atoms with van der Waals surface area (Å²) in [5.41, 5.74) is 0. The Labute approximate surface area is 112 Å². The van der Waals surface area contributed by atoms with Gasteiger partial charge in [-0.3, -0.25) is 4.90 Å². The third-order valence-electron chi connectivity index (χ3n) is 3.09. The Bertz CT molecular complexity index is 464. The fourth-order valence-corrected chi connectivity index (χ4v) is 2.75. The summed E-state index contributed by atoms with van der Waals surface area (Å²) in [6, 6.07) is 8.80. The van der Waals surface area contributed by atoms with Crippen molar-refractivity contribution in [2.24, 2.45) is 0 Å². The average Bonchev–Trinajstić information content (AvgIpc) is 3.00. The van der Waals surface area contributed by atoms with Crippen LogP contribution in [0.25, 0.3) is 0 Å². The van der Waals surface area contributed by atoms with Gasteiger partial charge >= 0.3 is 0 Å². The summed E-state index contributed by atoms with van der Waals surface area (Å²) < 4.78 is 5.76. The van der Waals surface area contributed by atoms with Gasteiger partial charge in [-0.05, 0) is 44.6 Å². The molecule has 4 heteroatoms. The van der Waals surface area contributed by atoms with Crippen molar-refractivity contribution in [2.45, 2.75) is 26.1 Å². The van der Waals surface area contributed by atoms with Crippen LogP contribution in [0.5, 0.6) is 0 Å². The van der Waals surface area contributed by atoms with Crippen molar-refractivity contribution in [1.29, 1.82) is 0 Å². The van der Waals surface area contributed by atoms with Crippen LogP contribution in [-0.2, 0) is 13.1 Å². The number of thiophene rings is 1. The first-order valence-corrected chi connectivity index (χ1v) is 7.04. The number of nitrogens with zero attached hydrogens (tertiary/aromatic N) is 1. The highest BCUT2D eigenvalue weighted by Crippen LogP contribution is 2.25. The molecular weight excluding hydrogens is 244 g/mol. The Morgan fingerprint density at radius 2 is 2.11 bits per heavy atom. The predicted molar refractivity (Wildman–Crippen MR) is 75.7 cm³/mol. The highest BCUT2D eigenvalue weighted by Gasteiger charge is 2.14. The first-order valence-electron chi connectivity index (χ1n) is 6.16. The Kier molecular flexibility index (Phi) is 4.58. The Morgan fingerprint density at radius 3 is 2.78 bits per heavy atom. The lowest BCUT2D eigenvalue weighted by atomic mass is 10.2. The van der Waals surface area contributed by atoms with Crippen molar-refractivity contribution in [2.75, 3.05) is 14.1 Å². The second-order valence-electron chi connectivity index (χ2n) is 4.50. The topological polar surface area (TPSA) is 28.4 Å². The summed E-state index contributed by atoms with van der Waals surface area (Å²) in [6.45, 7) is 3.84. The standard InChI is InChI=1S/C14H20N2OS/c1-11(14-5-4-8-18-14)16(3)10-13-7-6-12(17-13)9-15-2/h4-8,11,15H,9-10H2,1-3H3. The van der Waals surface area contributed by atoms with Crippen LogP contribution in [0.3, 0.4) is 0 Å². The molecule has 1 N–H and O–H groups in total. The first-order chi connectivity index (χ1) is 8.70. The molecule has 0 bridgehead atoms. The SMILES string of the molecule is CNCc1ccc(CN(C)C(C)c2cccs2)o1. The normalized spacial score (nSPS) is 13.1. The van der Waals surface area contributed by atoms with E-state index in [1.807, 2.05) is 13.1 Å². The van der Waals surface area contributed by atoms with Crippen LogP contribution in [0.15, 0.2) is 34.1 Å². The Hall–Kier alpha value is -1.10. The summed E-state index contributed by atoms with van der Waals surface area (Å²) in [5, 5.41) is 5.21. The molecule has 0 spiro atoms. The summed E-state index contributed by atoms with van der Waals surface area (Å²) in [6.07, 6.45) is 0. The van der Waals surface area contributed by atoms with Gasteiger partial charge < -0.3 is 9.73 Å². The second-order valence-corrected chi connectivity index (χ2v) is 5.48. The van der Waals surface area contributed by atoms with Crippen LogP contribution >= 0.6 is 11.3 Å². The summed E-state index contributed by atoms with van der Waals surface area (Å²) in [4.78, 5) is 3.69. The largest absolute Gasteiger partial charge is 0.463 e. The molecule has 0 aliphatic heterocycles. The van der Waals surface area contributed by atoms with Crippen LogP contribution < -0.4 is 5.32 Å². The molecule has 0 saturated heterocycles. The molecule has 0 radical (unpaired) electrons. The quantitative estimate of drug-likeness (QED) is 0.868. The zero-order valence-corrected chi connectivity index (χ0v) is 12.0. The molecule has 3 nitrogen and oxygen atoms in total. The zero-order valence-electron chi connectivity index (χ0n) is 11.1. The van der Waals surface area contributed by atoms with E-state index < -0.39 is 0 Å². The second kappa shape index (κ2) is 6.18. The molecule has 2 heterocycles. The minimum absolute atomic E-state index is 0.419. The van der Waals surface area contributed by atoms with E-state index in [0.717, 1.165) is 24.6 Å². The van der Waals surface area contributed by atoms with E-state index >= 15 is 0 Å². The predicted octanol–water partition coefficient (Wildman–Crippen LogP) is 3.25. The van der Waals surface area contributed by atoms with Crippen LogP contribution in [0.4, 0.5) is 0 Å². The maximum atomic E-state index is 5.76. The molecule has 0 saturated carbocycles. The van der Waals surface area contributed by atoms with Crippen molar-refractivity contribution in [3.8, 4) is 0 Å². The average molecular weight is 264 g/mol. The minimum atomic E-state index is 0.419. The maximum absolute atomic E-state index is 5.76. The third-order valence-corrected chi connectivity index (χ3v) is 4.13. The first kappa shape index (κ1) is 13.3. The summed E-state index contributed by atoms with van der Waals surface area (Å²) in [5.74, 6) is 2.01. The number of hydrogen-bond donors (Lipinski definition) is 1. The molecule has 1 unspecified atom stereocenters. The van der Waals surface area contributed by atoms with Crippen LogP contribution in [0, 0.1) is 0 Å². The van der Waals surface area contributed by atoms with E-state index in [4.69, 9.17) is 4.42 Å². The molecule has 0 aliphatic rings. The highest BCUT2D eigenvalue weighted by molar-refractivity contribution is 7.10. The van der Waals surface area contributed by atoms with Gasteiger partial charge in [-0.15, -0.1) is 11.3 Å². The number of rotatable bonds is 6. The fourth-order valence-electron chi connectivity index (χ4n) is 1.91. The lowest BCUT2D eigenvalue weighted by molar-refractivity contribution is 0.233. The monoisotopic (exact) mass is 264 g/mol.